The number of rotatable bonds is 9. The molecule has 2 nitrogen and oxygen atoms in total. The van der Waals surface area contributed by atoms with Gasteiger partial charge in [-0.05, 0) is 93.8 Å². The lowest BCUT2D eigenvalue weighted by Crippen LogP contribution is -2.36. The van der Waals surface area contributed by atoms with Gasteiger partial charge in [-0.25, -0.2) is 4.58 Å². The van der Waals surface area contributed by atoms with E-state index in [9.17, 15) is 0 Å². The largest absolute Gasteiger partial charge is 0.371 e. The highest BCUT2D eigenvalue weighted by Crippen LogP contribution is 2.54. The van der Waals surface area contributed by atoms with Crippen LogP contribution < -0.4 is 0 Å². The number of hydrogen-bond donors (Lipinski definition) is 0. The van der Waals surface area contributed by atoms with Crippen LogP contribution in [-0.2, 0) is 0 Å². The van der Waals surface area contributed by atoms with Crippen molar-refractivity contribution in [3.05, 3.63) is 46.2 Å². The third kappa shape index (κ3) is 7.10. The van der Waals surface area contributed by atoms with Crippen molar-refractivity contribution in [1.29, 1.82) is 0 Å². The van der Waals surface area contributed by atoms with Gasteiger partial charge in [0.05, 0.1) is 5.41 Å². The van der Waals surface area contributed by atoms with Crippen molar-refractivity contribution < 1.29 is 4.58 Å². The Kier molecular flexibility index (Phi) is 11.1. The fourth-order valence-electron chi connectivity index (χ4n) is 12.3. The third-order valence-electron chi connectivity index (χ3n) is 15.2. The van der Waals surface area contributed by atoms with Crippen LogP contribution in [0.4, 0.5) is 0 Å². The van der Waals surface area contributed by atoms with E-state index in [1.54, 1.807) is 11.4 Å². The SMILES string of the molecule is CC1(C)C(/C=C/C2=C(Cl)C(=C/C=C3/N(CCC4CCCCC4)C4CCCCC4C3(C)C)/CC2)=[N+](CCC2CCCCC2)C2CCCCC21. The molecule has 0 aromatic heterocycles. The standard InChI is InChI=1S/C45H70ClN2/c1-44(2)37-19-11-13-21-39(37)47(31-29-33-15-7-5-8-16-33)41(44)27-25-35-23-24-36(43(35)46)26-28-42-45(3,4)38-20-12-14-22-40(38)48(42)32-30-34-17-9-6-10-18-34/h25-28,33-34,37-40H,5-24,29-32H2,1-4H3/q+1. The summed E-state index contributed by atoms with van der Waals surface area (Å²) in [5.41, 5.74) is 6.43. The van der Waals surface area contributed by atoms with Crippen molar-refractivity contribution in [2.45, 2.75) is 181 Å². The molecular weight excluding hydrogens is 604 g/mol. The van der Waals surface area contributed by atoms with Crippen LogP contribution in [-0.4, -0.2) is 40.4 Å². The zero-order valence-corrected chi connectivity index (χ0v) is 32.3. The third-order valence-corrected chi connectivity index (χ3v) is 15.7. The van der Waals surface area contributed by atoms with E-state index >= 15 is 0 Å². The van der Waals surface area contributed by atoms with Crippen LogP contribution in [0.2, 0.25) is 0 Å². The lowest BCUT2D eigenvalue weighted by Gasteiger charge is -2.35. The quantitative estimate of drug-likeness (QED) is 0.221. The van der Waals surface area contributed by atoms with Crippen molar-refractivity contribution in [2.75, 3.05) is 13.1 Å². The average molecular weight is 675 g/mol. The van der Waals surface area contributed by atoms with Gasteiger partial charge in [0.25, 0.3) is 0 Å². The second kappa shape index (κ2) is 15.1. The normalized spacial score (nSPS) is 34.6. The minimum atomic E-state index is 0.245. The van der Waals surface area contributed by atoms with Crippen molar-refractivity contribution in [3.63, 3.8) is 0 Å². The van der Waals surface area contributed by atoms with Crippen LogP contribution in [0.1, 0.15) is 169 Å². The maximum Gasteiger partial charge on any atom is 0.182 e. The lowest BCUT2D eigenvalue weighted by molar-refractivity contribution is -0.567. The van der Waals surface area contributed by atoms with Crippen LogP contribution in [0.3, 0.4) is 0 Å². The summed E-state index contributed by atoms with van der Waals surface area (Å²) in [6.07, 6.45) is 40.7. The van der Waals surface area contributed by atoms with Gasteiger partial charge in [-0.2, -0.15) is 0 Å². The molecule has 0 bridgehead atoms. The van der Waals surface area contributed by atoms with Crippen molar-refractivity contribution in [2.24, 2.45) is 34.5 Å². The van der Waals surface area contributed by atoms with Gasteiger partial charge >= 0.3 is 0 Å². The van der Waals surface area contributed by atoms with E-state index in [0.717, 1.165) is 53.6 Å². The van der Waals surface area contributed by atoms with Crippen LogP contribution >= 0.6 is 11.6 Å². The molecule has 2 aliphatic heterocycles. The molecule has 7 aliphatic rings. The molecule has 4 atom stereocenters. The molecule has 7 rings (SSSR count). The molecule has 0 aromatic carbocycles. The Morgan fingerprint density at radius 2 is 1.29 bits per heavy atom. The van der Waals surface area contributed by atoms with E-state index in [4.69, 9.17) is 11.6 Å². The summed E-state index contributed by atoms with van der Waals surface area (Å²) < 4.78 is 2.91. The fourth-order valence-corrected chi connectivity index (χ4v) is 12.6. The first-order valence-corrected chi connectivity index (χ1v) is 21.5. The van der Waals surface area contributed by atoms with E-state index < -0.39 is 0 Å². The van der Waals surface area contributed by atoms with Gasteiger partial charge in [-0.3, -0.25) is 0 Å². The summed E-state index contributed by atoms with van der Waals surface area (Å²) in [6, 6.07) is 1.48. The molecule has 1 saturated heterocycles. The first-order chi connectivity index (χ1) is 23.2. The Bertz CT molecular complexity index is 1300. The summed E-state index contributed by atoms with van der Waals surface area (Å²) in [7, 11) is 0. The molecule has 4 saturated carbocycles. The maximum absolute atomic E-state index is 7.29. The minimum absolute atomic E-state index is 0.245. The van der Waals surface area contributed by atoms with E-state index in [2.05, 4.69) is 61.5 Å². The average Bonchev–Trinajstić information content (AvgIpc) is 3.64. The highest BCUT2D eigenvalue weighted by molar-refractivity contribution is 6.33. The first-order valence-electron chi connectivity index (χ1n) is 21.1. The highest BCUT2D eigenvalue weighted by atomic mass is 35.5. The zero-order valence-electron chi connectivity index (χ0n) is 31.5. The van der Waals surface area contributed by atoms with Crippen molar-refractivity contribution in [1.82, 2.24) is 4.90 Å². The molecule has 0 N–H and O–H groups in total. The van der Waals surface area contributed by atoms with Gasteiger partial charge in [-0.1, -0.05) is 121 Å². The molecule has 5 aliphatic carbocycles. The molecular formula is C45H70ClN2+. The molecule has 0 amide bonds. The van der Waals surface area contributed by atoms with Crippen LogP contribution in [0, 0.1) is 34.5 Å². The molecule has 5 fully saturated rings. The molecule has 0 aromatic rings. The number of halogens is 1. The van der Waals surface area contributed by atoms with Crippen LogP contribution in [0.5, 0.6) is 0 Å². The first kappa shape index (κ1) is 35.1. The Morgan fingerprint density at radius 3 is 2.02 bits per heavy atom. The number of hydrogen-bond acceptors (Lipinski definition) is 1. The summed E-state index contributed by atoms with van der Waals surface area (Å²) in [5, 5.41) is 1.03. The molecule has 266 valence electrons. The smallest absolute Gasteiger partial charge is 0.182 e. The molecule has 48 heavy (non-hydrogen) atoms. The van der Waals surface area contributed by atoms with Crippen molar-refractivity contribution >= 4 is 17.3 Å². The van der Waals surface area contributed by atoms with Gasteiger partial charge in [0.1, 0.15) is 6.54 Å². The predicted octanol–water partition coefficient (Wildman–Crippen LogP) is 12.5. The second-order valence-electron chi connectivity index (χ2n) is 18.6. The molecule has 0 spiro atoms. The summed E-state index contributed by atoms with van der Waals surface area (Å²) in [4.78, 5) is 2.91. The van der Waals surface area contributed by atoms with Crippen LogP contribution in [0.15, 0.2) is 46.2 Å². The van der Waals surface area contributed by atoms with E-state index in [1.165, 1.54) is 153 Å². The number of likely N-dealkylation sites (tertiary alicyclic amines) is 1. The Hall–Kier alpha value is -1.28. The molecule has 3 heteroatoms. The Morgan fingerprint density at radius 1 is 0.667 bits per heavy atom. The minimum Gasteiger partial charge on any atom is -0.371 e. The summed E-state index contributed by atoms with van der Waals surface area (Å²) in [5.74, 6) is 3.49. The van der Waals surface area contributed by atoms with Gasteiger partial charge in [-0.15, -0.1) is 0 Å². The van der Waals surface area contributed by atoms with Crippen molar-refractivity contribution in [3.8, 4) is 0 Å². The number of nitrogens with zero attached hydrogens (tertiary/aromatic N) is 2. The Labute approximate surface area is 300 Å². The molecule has 2 heterocycles. The second-order valence-corrected chi connectivity index (χ2v) is 19.0. The molecule has 4 unspecified atom stereocenters. The van der Waals surface area contributed by atoms with E-state index in [-0.39, 0.29) is 10.8 Å². The van der Waals surface area contributed by atoms with Gasteiger partial charge < -0.3 is 4.90 Å². The van der Waals surface area contributed by atoms with Gasteiger partial charge in [0.15, 0.2) is 11.8 Å². The highest BCUT2D eigenvalue weighted by Gasteiger charge is 2.54. The zero-order chi connectivity index (χ0) is 33.3. The summed E-state index contributed by atoms with van der Waals surface area (Å²) >= 11 is 7.29. The Balaban J connectivity index is 1.12. The van der Waals surface area contributed by atoms with Crippen LogP contribution in [0.25, 0.3) is 0 Å². The van der Waals surface area contributed by atoms with E-state index in [1.807, 2.05) is 0 Å². The van der Waals surface area contributed by atoms with Gasteiger partial charge in [0, 0.05) is 53.6 Å². The fraction of sp³-hybridized carbons (Fsp3) is 0.800. The molecule has 0 radical (unpaired) electrons. The number of fused-ring (bicyclic) bond motifs is 2. The predicted molar refractivity (Wildman–Crippen MR) is 206 cm³/mol. The lowest BCUT2D eigenvalue weighted by atomic mass is 9.69. The van der Waals surface area contributed by atoms with E-state index in [0.29, 0.717) is 0 Å². The maximum atomic E-state index is 7.29. The number of allylic oxidation sites excluding steroid dienone is 8. The monoisotopic (exact) mass is 674 g/mol. The summed E-state index contributed by atoms with van der Waals surface area (Å²) in [6.45, 7) is 12.7. The van der Waals surface area contributed by atoms with Gasteiger partial charge in [0.2, 0.25) is 0 Å². The topological polar surface area (TPSA) is 6.25 Å².